The van der Waals surface area contributed by atoms with E-state index >= 15 is 0 Å². The number of hydrogen-bond donors (Lipinski definition) is 2. The standard InChI is InChI=1S/C14H18N4O2S/c1-8(2)13-16-6-10(12(18-13)14(19)20)15-5-4-11-17-9(3)7-21-11/h6-8,15H,4-5H2,1-3H3,(H,19,20). The zero-order chi connectivity index (χ0) is 15.4. The molecule has 112 valence electrons. The Labute approximate surface area is 127 Å². The molecule has 0 aromatic carbocycles. The molecule has 0 aliphatic heterocycles. The molecule has 2 rings (SSSR count). The van der Waals surface area contributed by atoms with Gasteiger partial charge in [-0.1, -0.05) is 13.8 Å². The van der Waals surface area contributed by atoms with E-state index in [-0.39, 0.29) is 11.6 Å². The lowest BCUT2D eigenvalue weighted by molar-refractivity contribution is 0.0691. The molecule has 2 aromatic heterocycles. The number of nitrogens with one attached hydrogen (secondary N) is 1. The summed E-state index contributed by atoms with van der Waals surface area (Å²) in [5.41, 5.74) is 1.47. The molecule has 6 nitrogen and oxygen atoms in total. The van der Waals surface area contributed by atoms with Crippen LogP contribution in [-0.4, -0.2) is 32.6 Å². The molecule has 21 heavy (non-hydrogen) atoms. The van der Waals surface area contributed by atoms with Gasteiger partial charge in [0.1, 0.15) is 5.82 Å². The van der Waals surface area contributed by atoms with Gasteiger partial charge in [-0.05, 0) is 6.92 Å². The first-order valence-electron chi connectivity index (χ1n) is 6.72. The summed E-state index contributed by atoms with van der Waals surface area (Å²) in [6.07, 6.45) is 2.28. The molecular weight excluding hydrogens is 288 g/mol. The zero-order valence-electron chi connectivity index (χ0n) is 12.3. The van der Waals surface area contributed by atoms with E-state index in [4.69, 9.17) is 0 Å². The molecule has 0 saturated heterocycles. The van der Waals surface area contributed by atoms with Crippen LogP contribution in [0.2, 0.25) is 0 Å². The molecule has 7 heteroatoms. The Morgan fingerprint density at radius 1 is 1.43 bits per heavy atom. The lowest BCUT2D eigenvalue weighted by Gasteiger charge is -2.10. The smallest absolute Gasteiger partial charge is 0.356 e. The van der Waals surface area contributed by atoms with Gasteiger partial charge in [-0.3, -0.25) is 0 Å². The van der Waals surface area contributed by atoms with Crippen LogP contribution >= 0.6 is 11.3 Å². The van der Waals surface area contributed by atoms with E-state index in [0.717, 1.165) is 17.1 Å². The Morgan fingerprint density at radius 2 is 2.19 bits per heavy atom. The molecule has 0 radical (unpaired) electrons. The monoisotopic (exact) mass is 306 g/mol. The third kappa shape index (κ3) is 3.98. The van der Waals surface area contributed by atoms with Gasteiger partial charge in [0, 0.05) is 30.0 Å². The maximum absolute atomic E-state index is 11.3. The highest BCUT2D eigenvalue weighted by molar-refractivity contribution is 7.09. The second-order valence-corrected chi connectivity index (χ2v) is 5.95. The number of rotatable bonds is 6. The molecule has 0 aliphatic carbocycles. The van der Waals surface area contributed by atoms with Crippen LogP contribution in [0.4, 0.5) is 5.69 Å². The molecule has 0 amide bonds. The number of aryl methyl sites for hydroxylation is 1. The summed E-state index contributed by atoms with van der Waals surface area (Å²) in [7, 11) is 0. The second kappa shape index (κ2) is 6.62. The van der Waals surface area contributed by atoms with E-state index in [2.05, 4.69) is 20.3 Å². The topological polar surface area (TPSA) is 88.0 Å². The van der Waals surface area contributed by atoms with E-state index in [1.807, 2.05) is 26.2 Å². The number of carboxylic acid groups (broad SMARTS) is 1. The SMILES string of the molecule is Cc1csc(CCNc2cnc(C(C)C)nc2C(=O)O)n1. The van der Waals surface area contributed by atoms with Gasteiger partial charge in [0.15, 0.2) is 5.69 Å². The van der Waals surface area contributed by atoms with Crippen molar-refractivity contribution in [3.05, 3.63) is 33.8 Å². The van der Waals surface area contributed by atoms with Gasteiger partial charge in [-0.2, -0.15) is 0 Å². The number of hydrogen-bond acceptors (Lipinski definition) is 6. The minimum Gasteiger partial charge on any atom is -0.476 e. The lowest BCUT2D eigenvalue weighted by Crippen LogP contribution is -2.14. The van der Waals surface area contributed by atoms with Gasteiger partial charge in [-0.25, -0.2) is 19.7 Å². The number of aromatic carboxylic acids is 1. The van der Waals surface area contributed by atoms with Gasteiger partial charge < -0.3 is 10.4 Å². The predicted molar refractivity (Wildman–Crippen MR) is 82.1 cm³/mol. The van der Waals surface area contributed by atoms with Crippen LogP contribution in [0.3, 0.4) is 0 Å². The first-order valence-corrected chi connectivity index (χ1v) is 7.60. The Kier molecular flexibility index (Phi) is 4.85. The molecule has 2 aromatic rings. The van der Waals surface area contributed by atoms with Crippen LogP contribution in [0.5, 0.6) is 0 Å². The van der Waals surface area contributed by atoms with E-state index in [9.17, 15) is 9.90 Å². The van der Waals surface area contributed by atoms with Crippen molar-refractivity contribution >= 4 is 23.0 Å². The van der Waals surface area contributed by atoms with Crippen molar-refractivity contribution in [1.82, 2.24) is 15.0 Å². The highest BCUT2D eigenvalue weighted by Crippen LogP contribution is 2.17. The average molecular weight is 306 g/mol. The number of aromatic nitrogens is 3. The Bertz CT molecular complexity index is 640. The van der Waals surface area contributed by atoms with Gasteiger partial charge in [0.05, 0.1) is 16.9 Å². The van der Waals surface area contributed by atoms with E-state index < -0.39 is 5.97 Å². The number of carboxylic acids is 1. The Morgan fingerprint density at radius 3 is 2.76 bits per heavy atom. The van der Waals surface area contributed by atoms with Crippen molar-refractivity contribution in [2.24, 2.45) is 0 Å². The molecule has 0 unspecified atom stereocenters. The minimum absolute atomic E-state index is 0.0176. The maximum atomic E-state index is 11.3. The minimum atomic E-state index is -1.05. The van der Waals surface area contributed by atoms with Crippen LogP contribution in [-0.2, 0) is 6.42 Å². The number of nitrogens with zero attached hydrogens (tertiary/aromatic N) is 3. The quantitative estimate of drug-likeness (QED) is 0.853. The molecule has 0 atom stereocenters. The molecule has 2 heterocycles. The number of carbonyl (C=O) groups is 1. The maximum Gasteiger partial charge on any atom is 0.356 e. The van der Waals surface area contributed by atoms with Gasteiger partial charge >= 0.3 is 5.97 Å². The van der Waals surface area contributed by atoms with E-state index in [0.29, 0.717) is 18.1 Å². The fraction of sp³-hybridized carbons (Fsp3) is 0.429. The highest BCUT2D eigenvalue weighted by atomic mass is 32.1. The van der Waals surface area contributed by atoms with Crippen LogP contribution < -0.4 is 5.32 Å². The number of anilines is 1. The van der Waals surface area contributed by atoms with E-state index in [1.54, 1.807) is 17.5 Å². The van der Waals surface area contributed by atoms with Crippen molar-refractivity contribution in [2.75, 3.05) is 11.9 Å². The Hall–Kier alpha value is -2.02. The van der Waals surface area contributed by atoms with Crippen molar-refractivity contribution in [3.63, 3.8) is 0 Å². The molecular formula is C14H18N4O2S. The summed E-state index contributed by atoms with van der Waals surface area (Å²) in [5.74, 6) is -0.421. The van der Waals surface area contributed by atoms with Crippen LogP contribution in [0.15, 0.2) is 11.6 Å². The zero-order valence-corrected chi connectivity index (χ0v) is 13.1. The second-order valence-electron chi connectivity index (χ2n) is 5.01. The summed E-state index contributed by atoms with van der Waals surface area (Å²) < 4.78 is 0. The molecule has 0 aliphatic rings. The summed E-state index contributed by atoms with van der Waals surface area (Å²) >= 11 is 1.60. The largest absolute Gasteiger partial charge is 0.476 e. The van der Waals surface area contributed by atoms with E-state index in [1.165, 1.54) is 0 Å². The first-order chi connectivity index (χ1) is 9.97. The summed E-state index contributed by atoms with van der Waals surface area (Å²) in [6, 6.07) is 0. The normalized spacial score (nSPS) is 10.9. The fourth-order valence-corrected chi connectivity index (χ4v) is 2.56. The van der Waals surface area contributed by atoms with Crippen molar-refractivity contribution in [2.45, 2.75) is 33.1 Å². The molecule has 2 N–H and O–H groups in total. The van der Waals surface area contributed by atoms with Crippen molar-refractivity contribution in [1.29, 1.82) is 0 Å². The van der Waals surface area contributed by atoms with Crippen LogP contribution in [0.1, 0.15) is 46.8 Å². The Balaban J connectivity index is 2.06. The van der Waals surface area contributed by atoms with Crippen LogP contribution in [0.25, 0.3) is 0 Å². The van der Waals surface area contributed by atoms with Crippen LogP contribution in [0, 0.1) is 6.92 Å². The summed E-state index contributed by atoms with van der Waals surface area (Å²) in [5, 5.41) is 15.4. The highest BCUT2D eigenvalue weighted by Gasteiger charge is 2.15. The summed E-state index contributed by atoms with van der Waals surface area (Å²) in [4.78, 5) is 24.0. The number of thiazole rings is 1. The molecule has 0 saturated carbocycles. The van der Waals surface area contributed by atoms with Gasteiger partial charge in [-0.15, -0.1) is 11.3 Å². The molecule has 0 spiro atoms. The summed E-state index contributed by atoms with van der Waals surface area (Å²) in [6.45, 7) is 6.41. The third-order valence-electron chi connectivity index (χ3n) is 2.85. The fourth-order valence-electron chi connectivity index (χ4n) is 1.79. The molecule has 0 fully saturated rings. The van der Waals surface area contributed by atoms with Crippen molar-refractivity contribution in [3.8, 4) is 0 Å². The molecule has 0 bridgehead atoms. The van der Waals surface area contributed by atoms with Gasteiger partial charge in [0.2, 0.25) is 0 Å². The first kappa shape index (κ1) is 15.4. The van der Waals surface area contributed by atoms with Crippen molar-refractivity contribution < 1.29 is 9.90 Å². The third-order valence-corrected chi connectivity index (χ3v) is 3.87. The lowest BCUT2D eigenvalue weighted by atomic mass is 10.2. The predicted octanol–water partition coefficient (Wildman–Crippen LogP) is 2.72. The van der Waals surface area contributed by atoms with Gasteiger partial charge in [0.25, 0.3) is 0 Å². The average Bonchev–Trinajstić information content (AvgIpc) is 2.84.